The minimum atomic E-state index is -0.227. The summed E-state index contributed by atoms with van der Waals surface area (Å²) in [5.41, 5.74) is 0. The second-order valence-electron chi connectivity index (χ2n) is 2.26. The summed E-state index contributed by atoms with van der Waals surface area (Å²) in [6, 6.07) is 0. The Morgan fingerprint density at radius 1 is 0.923 bits per heavy atom. The molecule has 2 rings (SSSR count). The van der Waals surface area contributed by atoms with Crippen molar-refractivity contribution in [2.45, 2.75) is 12.8 Å². The second-order valence-corrected chi connectivity index (χ2v) is 2.26. The number of hydrogen-bond donors (Lipinski definition) is 0. The fourth-order valence-electron chi connectivity index (χ4n) is 0.755. The topological polar surface area (TPSA) is 0 Å². The molecule has 0 spiro atoms. The van der Waals surface area contributed by atoms with Gasteiger partial charge >= 0.3 is 19.5 Å². The first-order chi connectivity index (χ1) is 5.79. The molecule has 0 bridgehead atoms. The van der Waals surface area contributed by atoms with Gasteiger partial charge in [0.15, 0.2) is 0 Å². The van der Waals surface area contributed by atoms with Crippen molar-refractivity contribution in [3.05, 3.63) is 48.1 Å². The van der Waals surface area contributed by atoms with Crippen molar-refractivity contribution in [3.63, 3.8) is 0 Å². The molecular weight excluding hydrogens is 259 g/mol. The van der Waals surface area contributed by atoms with Gasteiger partial charge in [0.1, 0.15) is 0 Å². The van der Waals surface area contributed by atoms with Crippen LogP contribution in [-0.4, -0.2) is 0 Å². The molecule has 0 heterocycles. The summed E-state index contributed by atoms with van der Waals surface area (Å²) in [4.78, 5) is 0. The average Bonchev–Trinajstić information content (AvgIpc) is 2.63. The van der Waals surface area contributed by atoms with Crippen LogP contribution in [0.5, 0.6) is 0 Å². The molecule has 3 heteroatoms. The molecular formula is C10H8F2Ru. The zero-order chi connectivity index (χ0) is 8.81. The van der Waals surface area contributed by atoms with Crippen LogP contribution < -0.4 is 0 Å². The molecule has 0 saturated carbocycles. The van der Waals surface area contributed by atoms with Crippen molar-refractivity contribution in [2.75, 3.05) is 0 Å². The van der Waals surface area contributed by atoms with Crippen LogP contribution in [0.25, 0.3) is 0 Å². The smallest absolute Gasteiger partial charge is 0.250 e. The van der Waals surface area contributed by atoms with Gasteiger partial charge in [-0.05, 0) is 11.7 Å². The van der Waals surface area contributed by atoms with Crippen LogP contribution in [0.3, 0.4) is 0 Å². The van der Waals surface area contributed by atoms with Gasteiger partial charge in [0, 0.05) is 0 Å². The molecule has 2 aliphatic carbocycles. The Balaban J connectivity index is 0.000000206. The van der Waals surface area contributed by atoms with Crippen LogP contribution in [-0.2, 0) is 19.5 Å². The maximum Gasteiger partial charge on any atom is 2.00 e. The van der Waals surface area contributed by atoms with E-state index in [4.69, 9.17) is 0 Å². The van der Waals surface area contributed by atoms with Crippen LogP contribution in [0.4, 0.5) is 8.78 Å². The first kappa shape index (κ1) is 12.4. The summed E-state index contributed by atoms with van der Waals surface area (Å²) < 4.78 is 23.3. The molecule has 0 radical (unpaired) electrons. The molecule has 0 aromatic heterocycles. The number of rotatable bonds is 0. The standard InChI is InChI=1S/2C5H4F.Ru/c2*6-5-3-1-2-4-5;/h2*1,3H,2H2;/q2*-1;+2. The molecule has 0 unspecified atom stereocenters. The largest absolute Gasteiger partial charge is 2.00 e. The van der Waals surface area contributed by atoms with Gasteiger partial charge in [-0.2, -0.15) is 24.3 Å². The molecule has 0 saturated heterocycles. The molecule has 70 valence electrons. The Morgan fingerprint density at radius 3 is 1.38 bits per heavy atom. The molecule has 0 fully saturated rings. The van der Waals surface area contributed by atoms with Gasteiger partial charge in [-0.15, -0.1) is 12.8 Å². The number of halogens is 2. The third kappa shape index (κ3) is 5.65. The molecule has 0 atom stereocenters. The summed E-state index contributed by atoms with van der Waals surface area (Å²) in [5.74, 6) is -0.454. The predicted octanol–water partition coefficient (Wildman–Crippen LogP) is 3.20. The molecule has 0 amide bonds. The van der Waals surface area contributed by atoms with Gasteiger partial charge in [-0.1, -0.05) is 0 Å². The normalized spacial score (nSPS) is 17.1. The van der Waals surface area contributed by atoms with Crippen LogP contribution in [0.1, 0.15) is 12.8 Å². The minimum Gasteiger partial charge on any atom is -0.250 e. The zero-order valence-electron chi connectivity index (χ0n) is 6.83. The Morgan fingerprint density at radius 2 is 1.31 bits per heavy atom. The third-order valence-electron chi connectivity index (χ3n) is 1.31. The molecule has 2 aliphatic rings. The fourth-order valence-corrected chi connectivity index (χ4v) is 0.755. The number of allylic oxidation sites excluding steroid dienone is 8. The summed E-state index contributed by atoms with van der Waals surface area (Å²) in [6.07, 6.45) is 12.5. The Labute approximate surface area is 89.5 Å². The maximum absolute atomic E-state index is 11.6. The van der Waals surface area contributed by atoms with Crippen LogP contribution in [0.15, 0.2) is 36.0 Å². The van der Waals surface area contributed by atoms with Crippen LogP contribution in [0.2, 0.25) is 0 Å². The predicted molar refractivity (Wildman–Crippen MR) is 43.2 cm³/mol. The monoisotopic (exact) mass is 268 g/mol. The van der Waals surface area contributed by atoms with E-state index in [9.17, 15) is 8.78 Å². The minimum absolute atomic E-state index is 0. The van der Waals surface area contributed by atoms with Gasteiger partial charge < -0.3 is 0 Å². The quantitative estimate of drug-likeness (QED) is 0.467. The van der Waals surface area contributed by atoms with Gasteiger partial charge in [0.25, 0.3) is 0 Å². The van der Waals surface area contributed by atoms with Gasteiger partial charge in [-0.25, -0.2) is 20.9 Å². The second kappa shape index (κ2) is 6.91. The van der Waals surface area contributed by atoms with Gasteiger partial charge in [0.2, 0.25) is 0 Å². The zero-order valence-corrected chi connectivity index (χ0v) is 8.57. The van der Waals surface area contributed by atoms with Gasteiger partial charge in [-0.3, -0.25) is 0 Å². The van der Waals surface area contributed by atoms with E-state index in [1.807, 2.05) is 0 Å². The molecule has 0 aromatic rings. The summed E-state index contributed by atoms with van der Waals surface area (Å²) >= 11 is 0. The van der Waals surface area contributed by atoms with Crippen molar-refractivity contribution in [1.82, 2.24) is 0 Å². The van der Waals surface area contributed by atoms with E-state index in [2.05, 4.69) is 12.2 Å². The summed E-state index contributed by atoms with van der Waals surface area (Å²) in [7, 11) is 0. The Bertz CT molecular complexity index is 229. The van der Waals surface area contributed by atoms with E-state index in [0.29, 0.717) is 12.8 Å². The maximum atomic E-state index is 11.6. The molecule has 13 heavy (non-hydrogen) atoms. The van der Waals surface area contributed by atoms with E-state index in [1.165, 1.54) is 12.2 Å². The van der Waals surface area contributed by atoms with E-state index in [-0.39, 0.29) is 31.1 Å². The molecule has 0 aliphatic heterocycles. The number of hydrogen-bond acceptors (Lipinski definition) is 0. The van der Waals surface area contributed by atoms with E-state index in [1.54, 1.807) is 12.2 Å². The van der Waals surface area contributed by atoms with Crippen molar-refractivity contribution in [2.24, 2.45) is 0 Å². The van der Waals surface area contributed by atoms with Gasteiger partial charge in [0.05, 0.1) is 0 Å². The third-order valence-corrected chi connectivity index (χ3v) is 1.31. The van der Waals surface area contributed by atoms with Crippen molar-refractivity contribution in [1.29, 1.82) is 0 Å². The van der Waals surface area contributed by atoms with Crippen molar-refractivity contribution in [3.8, 4) is 0 Å². The first-order valence-corrected chi connectivity index (χ1v) is 3.65. The first-order valence-electron chi connectivity index (χ1n) is 3.65. The van der Waals surface area contributed by atoms with Crippen molar-refractivity contribution < 1.29 is 28.3 Å². The van der Waals surface area contributed by atoms with E-state index < -0.39 is 0 Å². The SMILES string of the molecule is FC1=[C-]CC=C1.FC1=[C-]CC=C1.[Ru+2]. The molecule has 0 N–H and O–H groups in total. The Hall–Kier alpha value is -0.557. The Kier molecular flexibility index (Phi) is 6.61. The van der Waals surface area contributed by atoms with Crippen LogP contribution in [0, 0.1) is 12.2 Å². The fraction of sp³-hybridized carbons (Fsp3) is 0.200. The summed E-state index contributed by atoms with van der Waals surface area (Å²) in [6.45, 7) is 0. The average molecular weight is 267 g/mol. The van der Waals surface area contributed by atoms with Crippen molar-refractivity contribution >= 4 is 0 Å². The van der Waals surface area contributed by atoms with E-state index in [0.717, 1.165) is 0 Å². The summed E-state index contributed by atoms with van der Waals surface area (Å²) in [5, 5.41) is 0. The van der Waals surface area contributed by atoms with E-state index >= 15 is 0 Å². The molecule has 0 nitrogen and oxygen atoms in total. The molecule has 0 aromatic carbocycles. The van der Waals surface area contributed by atoms with Crippen LogP contribution >= 0.6 is 0 Å².